The Morgan fingerprint density at radius 3 is 2.64 bits per heavy atom. The molecule has 0 unspecified atom stereocenters. The predicted molar refractivity (Wildman–Crippen MR) is 53.3 cm³/mol. The van der Waals surface area contributed by atoms with Crippen molar-refractivity contribution in [2.24, 2.45) is 0 Å². The van der Waals surface area contributed by atoms with Gasteiger partial charge < -0.3 is 4.98 Å². The second-order valence-corrected chi connectivity index (χ2v) is 3.13. The summed E-state index contributed by atoms with van der Waals surface area (Å²) in [7, 11) is 0. The van der Waals surface area contributed by atoms with Gasteiger partial charge in [0.05, 0.1) is 5.56 Å². The Morgan fingerprint density at radius 1 is 1.21 bits per heavy atom. The van der Waals surface area contributed by atoms with Gasteiger partial charge in [-0.1, -0.05) is 18.2 Å². The zero-order valence-electron chi connectivity index (χ0n) is 7.70. The fourth-order valence-electron chi connectivity index (χ4n) is 1.45. The van der Waals surface area contributed by atoms with E-state index in [1.165, 1.54) is 6.92 Å². The Morgan fingerprint density at radius 2 is 1.93 bits per heavy atom. The molecule has 3 heteroatoms. The van der Waals surface area contributed by atoms with Crippen molar-refractivity contribution in [3.05, 3.63) is 36.0 Å². The molecule has 0 saturated heterocycles. The van der Waals surface area contributed by atoms with Crippen molar-refractivity contribution >= 4 is 22.5 Å². The molecule has 0 fully saturated rings. The van der Waals surface area contributed by atoms with Gasteiger partial charge in [-0.15, -0.1) is 0 Å². The van der Waals surface area contributed by atoms with Crippen LogP contribution in [-0.4, -0.2) is 16.6 Å². The molecule has 1 heterocycles. The van der Waals surface area contributed by atoms with Gasteiger partial charge in [0, 0.05) is 24.0 Å². The maximum absolute atomic E-state index is 11.5. The van der Waals surface area contributed by atoms with E-state index < -0.39 is 11.6 Å². The van der Waals surface area contributed by atoms with Crippen LogP contribution in [0.2, 0.25) is 0 Å². The fourth-order valence-corrected chi connectivity index (χ4v) is 1.45. The first-order valence-electron chi connectivity index (χ1n) is 4.31. The number of hydrogen-bond donors (Lipinski definition) is 1. The van der Waals surface area contributed by atoms with Crippen LogP contribution in [0, 0.1) is 0 Å². The van der Waals surface area contributed by atoms with E-state index in [0.717, 1.165) is 10.9 Å². The quantitative estimate of drug-likeness (QED) is 0.577. The lowest BCUT2D eigenvalue weighted by molar-refractivity contribution is -0.113. The van der Waals surface area contributed by atoms with E-state index in [-0.39, 0.29) is 0 Å². The van der Waals surface area contributed by atoms with Gasteiger partial charge in [0.15, 0.2) is 5.78 Å². The van der Waals surface area contributed by atoms with Gasteiger partial charge in [-0.2, -0.15) is 0 Å². The maximum atomic E-state index is 11.5. The monoisotopic (exact) mass is 187 g/mol. The lowest BCUT2D eigenvalue weighted by Gasteiger charge is -1.93. The molecule has 0 aliphatic heterocycles. The van der Waals surface area contributed by atoms with Crippen LogP contribution in [0.25, 0.3) is 10.9 Å². The number of ketones is 2. The first kappa shape index (κ1) is 8.69. The van der Waals surface area contributed by atoms with Crippen molar-refractivity contribution in [2.45, 2.75) is 6.92 Å². The van der Waals surface area contributed by atoms with E-state index in [1.807, 2.05) is 24.3 Å². The van der Waals surface area contributed by atoms with Crippen molar-refractivity contribution in [3.63, 3.8) is 0 Å². The Hall–Kier alpha value is -1.90. The molecule has 0 aliphatic carbocycles. The third kappa shape index (κ3) is 1.23. The molecule has 2 aromatic rings. The molecular weight excluding hydrogens is 178 g/mol. The second kappa shape index (κ2) is 3.10. The molecule has 0 atom stereocenters. The van der Waals surface area contributed by atoms with Gasteiger partial charge in [0.2, 0.25) is 5.78 Å². The fraction of sp³-hybridized carbons (Fsp3) is 0.0909. The average molecular weight is 187 g/mol. The largest absolute Gasteiger partial charge is 0.360 e. The normalized spacial score (nSPS) is 10.4. The number of aromatic nitrogens is 1. The molecule has 70 valence electrons. The first-order chi connectivity index (χ1) is 6.70. The van der Waals surface area contributed by atoms with E-state index in [4.69, 9.17) is 0 Å². The average Bonchev–Trinajstić information content (AvgIpc) is 2.60. The molecule has 3 nitrogen and oxygen atoms in total. The maximum Gasteiger partial charge on any atom is 0.230 e. The highest BCUT2D eigenvalue weighted by atomic mass is 16.2. The highest BCUT2D eigenvalue weighted by molar-refractivity contribution is 6.45. The molecule has 0 spiro atoms. The summed E-state index contributed by atoms with van der Waals surface area (Å²) in [5.41, 5.74) is 1.32. The zero-order valence-corrected chi connectivity index (χ0v) is 7.70. The zero-order chi connectivity index (χ0) is 10.1. The van der Waals surface area contributed by atoms with Crippen LogP contribution in [0.4, 0.5) is 0 Å². The number of benzene rings is 1. The molecule has 0 aliphatic rings. The molecule has 0 saturated carbocycles. The van der Waals surface area contributed by atoms with Gasteiger partial charge in [0.25, 0.3) is 0 Å². The van der Waals surface area contributed by atoms with Gasteiger partial charge in [-0.25, -0.2) is 0 Å². The number of hydrogen-bond acceptors (Lipinski definition) is 2. The van der Waals surface area contributed by atoms with Gasteiger partial charge in [-0.05, 0) is 6.07 Å². The van der Waals surface area contributed by atoms with Crippen LogP contribution >= 0.6 is 0 Å². The number of carbonyl (C=O) groups is 2. The summed E-state index contributed by atoms with van der Waals surface area (Å²) in [6.07, 6.45) is 1.58. The molecule has 0 amide bonds. The molecule has 0 bridgehead atoms. The van der Waals surface area contributed by atoms with E-state index in [1.54, 1.807) is 6.20 Å². The number of Topliss-reactive ketones (excluding diaryl/α,β-unsaturated/α-hetero) is 2. The van der Waals surface area contributed by atoms with Crippen molar-refractivity contribution in [1.82, 2.24) is 4.98 Å². The van der Waals surface area contributed by atoms with Crippen LogP contribution in [-0.2, 0) is 4.79 Å². The first-order valence-corrected chi connectivity index (χ1v) is 4.31. The summed E-state index contributed by atoms with van der Waals surface area (Å²) in [5, 5.41) is 0.799. The molecule has 1 aromatic heterocycles. The van der Waals surface area contributed by atoms with Crippen LogP contribution in [0.5, 0.6) is 0 Å². The third-order valence-electron chi connectivity index (χ3n) is 2.15. The minimum Gasteiger partial charge on any atom is -0.360 e. The Bertz CT molecular complexity index is 511. The predicted octanol–water partition coefficient (Wildman–Crippen LogP) is 1.94. The van der Waals surface area contributed by atoms with Crippen molar-refractivity contribution < 1.29 is 9.59 Å². The van der Waals surface area contributed by atoms with Gasteiger partial charge >= 0.3 is 0 Å². The smallest absolute Gasteiger partial charge is 0.230 e. The highest BCUT2D eigenvalue weighted by Gasteiger charge is 2.15. The SMILES string of the molecule is CC(=O)C(=O)c1c[nH]c2ccccc12. The molecule has 2 rings (SSSR count). The molecule has 0 radical (unpaired) electrons. The summed E-state index contributed by atoms with van der Waals surface area (Å²) < 4.78 is 0. The van der Waals surface area contributed by atoms with Gasteiger partial charge in [0.1, 0.15) is 0 Å². The van der Waals surface area contributed by atoms with Crippen LogP contribution in [0.3, 0.4) is 0 Å². The number of fused-ring (bicyclic) bond motifs is 1. The number of para-hydroxylation sites is 1. The minimum absolute atomic E-state index is 0.435. The minimum atomic E-state index is -0.442. The number of aromatic amines is 1. The van der Waals surface area contributed by atoms with Gasteiger partial charge in [-0.3, -0.25) is 9.59 Å². The molecular formula is C11H9NO2. The lowest BCUT2D eigenvalue weighted by Crippen LogP contribution is -2.08. The van der Waals surface area contributed by atoms with E-state index in [9.17, 15) is 9.59 Å². The standard InChI is InChI=1S/C11H9NO2/c1-7(13)11(14)9-6-12-10-5-3-2-4-8(9)10/h2-6,12H,1H3. The van der Waals surface area contributed by atoms with Crippen LogP contribution < -0.4 is 0 Å². The Labute approximate surface area is 80.7 Å². The number of carbonyl (C=O) groups excluding carboxylic acids is 2. The molecule has 14 heavy (non-hydrogen) atoms. The van der Waals surface area contributed by atoms with Crippen molar-refractivity contribution in [1.29, 1.82) is 0 Å². The summed E-state index contributed by atoms with van der Waals surface area (Å²) >= 11 is 0. The Balaban J connectivity index is 2.64. The topological polar surface area (TPSA) is 49.9 Å². The summed E-state index contributed by atoms with van der Waals surface area (Å²) in [4.78, 5) is 25.3. The van der Waals surface area contributed by atoms with E-state index in [2.05, 4.69) is 4.98 Å². The van der Waals surface area contributed by atoms with E-state index >= 15 is 0 Å². The summed E-state index contributed by atoms with van der Waals surface area (Å²) in [6.45, 7) is 1.28. The number of rotatable bonds is 2. The molecule has 1 N–H and O–H groups in total. The van der Waals surface area contributed by atoms with Crippen LogP contribution in [0.1, 0.15) is 17.3 Å². The summed E-state index contributed by atoms with van der Waals surface area (Å²) in [5.74, 6) is -0.878. The van der Waals surface area contributed by atoms with Crippen molar-refractivity contribution in [2.75, 3.05) is 0 Å². The highest BCUT2D eigenvalue weighted by Crippen LogP contribution is 2.18. The van der Waals surface area contributed by atoms with Crippen LogP contribution in [0.15, 0.2) is 30.5 Å². The number of nitrogens with one attached hydrogen (secondary N) is 1. The third-order valence-corrected chi connectivity index (χ3v) is 2.15. The van der Waals surface area contributed by atoms with Crippen molar-refractivity contribution in [3.8, 4) is 0 Å². The second-order valence-electron chi connectivity index (χ2n) is 3.13. The van der Waals surface area contributed by atoms with E-state index in [0.29, 0.717) is 5.56 Å². The Kier molecular flexibility index (Phi) is 1.93. The lowest BCUT2D eigenvalue weighted by atomic mass is 10.1. The summed E-state index contributed by atoms with van der Waals surface area (Å²) in [6, 6.07) is 7.40. The number of H-pyrrole nitrogens is 1. The molecule has 1 aromatic carbocycles.